The maximum absolute atomic E-state index is 13.1. The summed E-state index contributed by atoms with van der Waals surface area (Å²) in [5.74, 6) is 0.668. The summed E-state index contributed by atoms with van der Waals surface area (Å²) < 4.78 is 11.6. The van der Waals surface area contributed by atoms with Crippen molar-refractivity contribution >= 4 is 28.5 Å². The molecule has 178 valence electrons. The van der Waals surface area contributed by atoms with E-state index in [1.807, 2.05) is 42.5 Å². The van der Waals surface area contributed by atoms with Crippen molar-refractivity contribution in [1.29, 1.82) is 0 Å². The Bertz CT molecular complexity index is 1280. The minimum absolute atomic E-state index is 0.0785. The van der Waals surface area contributed by atoms with Gasteiger partial charge >= 0.3 is 0 Å². The molecule has 6 rings (SSSR count). The highest BCUT2D eigenvalue weighted by Crippen LogP contribution is 2.32. The van der Waals surface area contributed by atoms with Crippen LogP contribution in [-0.2, 0) is 4.79 Å². The van der Waals surface area contributed by atoms with Crippen molar-refractivity contribution in [3.63, 3.8) is 0 Å². The summed E-state index contributed by atoms with van der Waals surface area (Å²) in [5, 5.41) is 1.64. The molecule has 3 amide bonds. The summed E-state index contributed by atoms with van der Waals surface area (Å²) in [6.45, 7) is 3.52. The number of hydrogen-bond acceptors (Lipinski definition) is 6. The molecule has 8 nitrogen and oxygen atoms in total. The molecule has 0 N–H and O–H groups in total. The number of carbonyl (C=O) groups is 3. The van der Waals surface area contributed by atoms with Gasteiger partial charge in [0.2, 0.25) is 6.10 Å². The highest BCUT2D eigenvalue weighted by Gasteiger charge is 2.35. The number of ether oxygens (including phenoxy) is 2. The third-order valence-corrected chi connectivity index (χ3v) is 6.96. The van der Waals surface area contributed by atoms with Crippen molar-refractivity contribution < 1.29 is 23.9 Å². The molecule has 3 aromatic carbocycles. The fraction of sp³-hybridized carbons (Fsp3) is 0.296. The van der Waals surface area contributed by atoms with Gasteiger partial charge in [-0.1, -0.05) is 36.4 Å². The van der Waals surface area contributed by atoms with Gasteiger partial charge in [-0.25, -0.2) is 0 Å². The number of amides is 3. The minimum atomic E-state index is -0.650. The average molecular weight is 472 g/mol. The van der Waals surface area contributed by atoms with Crippen LogP contribution in [0.3, 0.4) is 0 Å². The third-order valence-electron chi connectivity index (χ3n) is 6.96. The second-order valence-corrected chi connectivity index (χ2v) is 9.00. The number of carbonyl (C=O) groups excluding carboxylic acids is 3. The van der Waals surface area contributed by atoms with Crippen molar-refractivity contribution in [2.75, 3.05) is 45.9 Å². The first kappa shape index (κ1) is 21.6. The molecule has 1 atom stereocenters. The summed E-state index contributed by atoms with van der Waals surface area (Å²) in [6, 6.07) is 18.5. The van der Waals surface area contributed by atoms with Gasteiger partial charge in [-0.15, -0.1) is 0 Å². The largest absolute Gasteiger partial charge is 0.485 e. The molecule has 0 radical (unpaired) electrons. The molecule has 8 heteroatoms. The van der Waals surface area contributed by atoms with Crippen LogP contribution in [0.5, 0.6) is 11.5 Å². The van der Waals surface area contributed by atoms with Gasteiger partial charge in [-0.3, -0.25) is 24.2 Å². The zero-order valence-electron chi connectivity index (χ0n) is 19.2. The molecule has 3 heterocycles. The van der Waals surface area contributed by atoms with Crippen molar-refractivity contribution in [1.82, 2.24) is 14.7 Å². The van der Waals surface area contributed by atoms with Gasteiger partial charge in [0, 0.05) is 55.8 Å². The number of nitrogens with zero attached hydrogens (tertiary/aromatic N) is 3. The number of benzene rings is 3. The van der Waals surface area contributed by atoms with Gasteiger partial charge in [-0.2, -0.15) is 0 Å². The van der Waals surface area contributed by atoms with E-state index in [1.165, 1.54) is 4.90 Å². The van der Waals surface area contributed by atoms with Gasteiger partial charge in [0.25, 0.3) is 17.7 Å². The number of para-hydroxylation sites is 2. The van der Waals surface area contributed by atoms with E-state index in [1.54, 1.807) is 23.1 Å². The van der Waals surface area contributed by atoms with E-state index in [-0.39, 0.29) is 24.3 Å². The first-order valence-electron chi connectivity index (χ1n) is 11.9. The molecule has 0 unspecified atom stereocenters. The summed E-state index contributed by atoms with van der Waals surface area (Å²) in [7, 11) is 0. The van der Waals surface area contributed by atoms with Crippen LogP contribution in [0.25, 0.3) is 10.8 Å². The third kappa shape index (κ3) is 3.80. The SMILES string of the molecule is O=C([C@@H]1COc2ccccc2O1)N1CCN(CCN2C(=O)c3cccc4cccc(c34)C2=O)CC1. The number of rotatable bonds is 4. The lowest BCUT2D eigenvalue weighted by molar-refractivity contribution is -0.143. The number of imide groups is 1. The van der Waals surface area contributed by atoms with Crippen molar-refractivity contribution in [3.8, 4) is 11.5 Å². The number of piperazine rings is 1. The van der Waals surface area contributed by atoms with Crippen LogP contribution < -0.4 is 9.47 Å². The van der Waals surface area contributed by atoms with E-state index in [9.17, 15) is 14.4 Å². The van der Waals surface area contributed by atoms with Crippen molar-refractivity contribution in [2.45, 2.75) is 6.10 Å². The molecule has 0 aromatic heterocycles. The van der Waals surface area contributed by atoms with E-state index in [0.29, 0.717) is 61.9 Å². The molecule has 0 saturated carbocycles. The highest BCUT2D eigenvalue weighted by molar-refractivity contribution is 6.25. The Morgan fingerprint density at radius 3 is 2.14 bits per heavy atom. The molecule has 35 heavy (non-hydrogen) atoms. The van der Waals surface area contributed by atoms with E-state index in [4.69, 9.17) is 9.47 Å². The molecule has 0 bridgehead atoms. The molecule has 3 aromatic rings. The molecular weight excluding hydrogens is 446 g/mol. The van der Waals surface area contributed by atoms with Crippen molar-refractivity contribution in [3.05, 3.63) is 71.8 Å². The first-order chi connectivity index (χ1) is 17.1. The predicted octanol–water partition coefficient (Wildman–Crippen LogP) is 2.42. The second-order valence-electron chi connectivity index (χ2n) is 9.00. The van der Waals surface area contributed by atoms with Crippen LogP contribution in [0.2, 0.25) is 0 Å². The minimum Gasteiger partial charge on any atom is -0.485 e. The number of fused-ring (bicyclic) bond motifs is 1. The summed E-state index contributed by atoms with van der Waals surface area (Å²) in [6.07, 6.45) is -0.650. The van der Waals surface area contributed by atoms with E-state index in [0.717, 1.165) is 10.8 Å². The molecule has 0 aliphatic carbocycles. The summed E-state index contributed by atoms with van der Waals surface area (Å²) in [4.78, 5) is 44.5. The Balaban J connectivity index is 1.06. The van der Waals surface area contributed by atoms with Crippen LogP contribution in [0.1, 0.15) is 20.7 Å². The fourth-order valence-electron chi connectivity index (χ4n) is 5.06. The van der Waals surface area contributed by atoms with Crippen LogP contribution in [0.4, 0.5) is 0 Å². The normalized spacial score (nSPS) is 19.8. The monoisotopic (exact) mass is 471 g/mol. The van der Waals surface area contributed by atoms with Crippen molar-refractivity contribution in [2.24, 2.45) is 0 Å². The van der Waals surface area contributed by atoms with Crippen LogP contribution >= 0.6 is 0 Å². The van der Waals surface area contributed by atoms with Gasteiger partial charge < -0.3 is 14.4 Å². The predicted molar refractivity (Wildman–Crippen MR) is 129 cm³/mol. The Hall–Kier alpha value is -3.91. The van der Waals surface area contributed by atoms with Crippen LogP contribution in [0, 0.1) is 0 Å². The van der Waals surface area contributed by atoms with Crippen LogP contribution in [-0.4, -0.2) is 84.4 Å². The zero-order chi connectivity index (χ0) is 23.9. The lowest BCUT2D eigenvalue weighted by atomic mass is 9.94. The smallest absolute Gasteiger partial charge is 0.267 e. The summed E-state index contributed by atoms with van der Waals surface area (Å²) in [5.41, 5.74) is 1.15. The van der Waals surface area contributed by atoms with E-state index >= 15 is 0 Å². The maximum Gasteiger partial charge on any atom is 0.267 e. The lowest BCUT2D eigenvalue weighted by Gasteiger charge is -2.38. The Labute approximate surface area is 202 Å². The summed E-state index contributed by atoms with van der Waals surface area (Å²) >= 11 is 0. The topological polar surface area (TPSA) is 79.4 Å². The standard InChI is InChI=1S/C27H25N3O5/c31-25-19-7-3-5-18-6-4-8-20(24(18)19)26(32)30(25)16-13-28-11-14-29(15-12-28)27(33)23-17-34-21-9-1-2-10-22(21)35-23/h1-10,23H,11-17H2/t23-/m0/s1. The number of hydrogen-bond donors (Lipinski definition) is 0. The lowest BCUT2D eigenvalue weighted by Crippen LogP contribution is -2.55. The zero-order valence-corrected chi connectivity index (χ0v) is 19.2. The second kappa shape index (κ2) is 8.70. The Morgan fingerprint density at radius 2 is 1.46 bits per heavy atom. The van der Waals surface area contributed by atoms with Gasteiger partial charge in [-0.05, 0) is 29.7 Å². The average Bonchev–Trinajstić information content (AvgIpc) is 2.91. The Kier molecular flexibility index (Phi) is 5.37. The maximum atomic E-state index is 13.1. The first-order valence-corrected chi connectivity index (χ1v) is 11.9. The van der Waals surface area contributed by atoms with Gasteiger partial charge in [0.15, 0.2) is 11.5 Å². The highest BCUT2D eigenvalue weighted by atomic mass is 16.6. The molecule has 3 aliphatic heterocycles. The van der Waals surface area contributed by atoms with Crippen LogP contribution in [0.15, 0.2) is 60.7 Å². The van der Waals surface area contributed by atoms with Gasteiger partial charge in [0.1, 0.15) is 6.61 Å². The van der Waals surface area contributed by atoms with E-state index in [2.05, 4.69) is 4.90 Å². The molecule has 1 saturated heterocycles. The Morgan fingerprint density at radius 1 is 0.800 bits per heavy atom. The molecular formula is C27H25N3O5. The molecule has 1 fully saturated rings. The molecule has 3 aliphatic rings. The quantitative estimate of drug-likeness (QED) is 0.544. The van der Waals surface area contributed by atoms with E-state index < -0.39 is 6.10 Å². The molecule has 0 spiro atoms. The fourth-order valence-corrected chi connectivity index (χ4v) is 5.06. The van der Waals surface area contributed by atoms with Gasteiger partial charge in [0.05, 0.1) is 0 Å².